The van der Waals surface area contributed by atoms with Gasteiger partial charge in [-0.25, -0.2) is 9.67 Å². The van der Waals surface area contributed by atoms with Crippen LogP contribution in [0.1, 0.15) is 39.2 Å². The first-order valence-corrected chi connectivity index (χ1v) is 11.2. The molecule has 164 valence electrons. The van der Waals surface area contributed by atoms with Gasteiger partial charge in [0.05, 0.1) is 11.5 Å². The molecule has 1 atom stereocenters. The van der Waals surface area contributed by atoms with Crippen molar-refractivity contribution >= 4 is 33.2 Å². The van der Waals surface area contributed by atoms with Crippen molar-refractivity contribution in [2.24, 2.45) is 0 Å². The first kappa shape index (κ1) is 21.5. The molecule has 0 aliphatic carbocycles. The number of rotatable bonds is 7. The Balaban J connectivity index is 1.54. The van der Waals surface area contributed by atoms with E-state index in [0.29, 0.717) is 32.1 Å². The van der Waals surface area contributed by atoms with Crippen LogP contribution in [-0.4, -0.2) is 64.8 Å². The van der Waals surface area contributed by atoms with Crippen LogP contribution in [0.15, 0.2) is 24.3 Å². The van der Waals surface area contributed by atoms with Gasteiger partial charge in [0.1, 0.15) is 18.2 Å². The summed E-state index contributed by atoms with van der Waals surface area (Å²) < 4.78 is 7.79. The maximum Gasteiger partial charge on any atom is 0.261 e. The van der Waals surface area contributed by atoms with Crippen LogP contribution in [0, 0.1) is 13.8 Å². The Morgan fingerprint density at radius 2 is 2.10 bits per heavy atom. The summed E-state index contributed by atoms with van der Waals surface area (Å²) >= 11 is 1.52. The van der Waals surface area contributed by atoms with E-state index < -0.39 is 0 Å². The van der Waals surface area contributed by atoms with Gasteiger partial charge in [-0.15, -0.1) is 11.3 Å². The third-order valence-electron chi connectivity index (χ3n) is 5.63. The second-order valence-corrected chi connectivity index (χ2v) is 8.83. The molecule has 0 saturated carbocycles. The normalized spacial score (nSPS) is 16.2. The van der Waals surface area contributed by atoms with Gasteiger partial charge in [0.25, 0.3) is 5.91 Å². The summed E-state index contributed by atoms with van der Waals surface area (Å²) in [6.07, 6.45) is 0.834. The highest BCUT2D eigenvalue weighted by Crippen LogP contribution is 2.40. The molecule has 1 aliphatic rings. The number of likely N-dealkylation sites (tertiary alicyclic amines) is 1. The predicted molar refractivity (Wildman–Crippen MR) is 119 cm³/mol. The Morgan fingerprint density at radius 1 is 1.29 bits per heavy atom. The number of nitrogens with one attached hydrogen (secondary N) is 1. The molecule has 31 heavy (non-hydrogen) atoms. The molecular weight excluding hydrogens is 414 g/mol. The molecule has 4 rings (SSSR count). The lowest BCUT2D eigenvalue weighted by Crippen LogP contribution is -2.32. The third-order valence-corrected chi connectivity index (χ3v) is 6.81. The van der Waals surface area contributed by atoms with Crippen LogP contribution in [0.4, 0.5) is 0 Å². The van der Waals surface area contributed by atoms with E-state index in [9.17, 15) is 9.59 Å². The van der Waals surface area contributed by atoms with E-state index in [4.69, 9.17) is 4.74 Å². The van der Waals surface area contributed by atoms with Gasteiger partial charge >= 0.3 is 0 Å². The van der Waals surface area contributed by atoms with E-state index in [1.807, 2.05) is 36.9 Å². The Hall–Kier alpha value is -2.78. The predicted octanol–water partition coefficient (Wildman–Crippen LogP) is 2.50. The molecule has 2 amide bonds. The van der Waals surface area contributed by atoms with Gasteiger partial charge < -0.3 is 15.0 Å². The standard InChI is InChI=1S/C22H27N5O3S/c1-14-24-15(2)27(25-14)13-19(28)26-10-8-16(12-26)20-17-6-4-5-7-18(17)31-21(20)22(29)23-9-11-30-3/h4-7,16H,8-13H2,1-3H3,(H,23,29). The van der Waals surface area contributed by atoms with Crippen molar-refractivity contribution in [2.75, 3.05) is 33.4 Å². The molecule has 0 bridgehead atoms. The third kappa shape index (κ3) is 4.47. The van der Waals surface area contributed by atoms with E-state index in [1.165, 1.54) is 11.3 Å². The average molecular weight is 442 g/mol. The molecule has 9 heteroatoms. The first-order valence-electron chi connectivity index (χ1n) is 10.4. The number of carbonyl (C=O) groups excluding carboxylic acids is 2. The van der Waals surface area contributed by atoms with Gasteiger partial charge in [0.15, 0.2) is 0 Å². The van der Waals surface area contributed by atoms with Gasteiger partial charge in [-0.1, -0.05) is 18.2 Å². The zero-order valence-electron chi connectivity index (χ0n) is 18.1. The number of aromatic nitrogens is 3. The first-order chi connectivity index (χ1) is 15.0. The van der Waals surface area contributed by atoms with Gasteiger partial charge in [0, 0.05) is 37.4 Å². The molecule has 1 saturated heterocycles. The topological polar surface area (TPSA) is 89.4 Å². The smallest absolute Gasteiger partial charge is 0.261 e. The fourth-order valence-electron chi connectivity index (χ4n) is 4.15. The summed E-state index contributed by atoms with van der Waals surface area (Å²) in [6, 6.07) is 8.10. The number of carbonyl (C=O) groups is 2. The van der Waals surface area contributed by atoms with Crippen LogP contribution in [0.3, 0.4) is 0 Å². The fraction of sp³-hybridized carbons (Fsp3) is 0.455. The Labute approximate surface area is 185 Å². The molecule has 0 spiro atoms. The van der Waals surface area contributed by atoms with E-state index >= 15 is 0 Å². The van der Waals surface area contributed by atoms with E-state index in [-0.39, 0.29) is 24.3 Å². The number of ether oxygens (including phenoxy) is 1. The van der Waals surface area contributed by atoms with Crippen molar-refractivity contribution in [1.29, 1.82) is 0 Å². The maximum absolute atomic E-state index is 12.9. The van der Waals surface area contributed by atoms with E-state index in [0.717, 1.165) is 32.8 Å². The molecule has 8 nitrogen and oxygen atoms in total. The fourth-order valence-corrected chi connectivity index (χ4v) is 5.35. The van der Waals surface area contributed by atoms with Crippen LogP contribution >= 0.6 is 11.3 Å². The van der Waals surface area contributed by atoms with Crippen molar-refractivity contribution in [3.8, 4) is 0 Å². The molecule has 3 aromatic rings. The largest absolute Gasteiger partial charge is 0.383 e. The lowest BCUT2D eigenvalue weighted by Gasteiger charge is -2.17. The summed E-state index contributed by atoms with van der Waals surface area (Å²) in [5.74, 6) is 1.48. The zero-order valence-corrected chi connectivity index (χ0v) is 18.9. The van der Waals surface area contributed by atoms with E-state index in [1.54, 1.807) is 11.8 Å². The highest BCUT2D eigenvalue weighted by Gasteiger charge is 2.32. The van der Waals surface area contributed by atoms with Crippen LogP contribution in [0.2, 0.25) is 0 Å². The van der Waals surface area contributed by atoms with Crippen LogP contribution in [0.25, 0.3) is 10.1 Å². The van der Waals surface area contributed by atoms with Crippen molar-refractivity contribution in [1.82, 2.24) is 25.0 Å². The Bertz CT molecular complexity index is 1110. The Kier molecular flexibility index (Phi) is 6.33. The van der Waals surface area contributed by atoms with Crippen molar-refractivity contribution in [2.45, 2.75) is 32.7 Å². The summed E-state index contributed by atoms with van der Waals surface area (Å²) in [6.45, 7) is 6.07. The maximum atomic E-state index is 12.9. The molecule has 3 heterocycles. The zero-order chi connectivity index (χ0) is 22.0. The van der Waals surface area contributed by atoms with Crippen LogP contribution in [0.5, 0.6) is 0 Å². The number of methoxy groups -OCH3 is 1. The van der Waals surface area contributed by atoms with Crippen LogP contribution in [-0.2, 0) is 16.1 Å². The summed E-state index contributed by atoms with van der Waals surface area (Å²) in [4.78, 5) is 32.7. The molecule has 1 N–H and O–H groups in total. The number of hydrogen-bond donors (Lipinski definition) is 1. The monoisotopic (exact) mass is 441 g/mol. The summed E-state index contributed by atoms with van der Waals surface area (Å²) in [7, 11) is 1.61. The molecule has 0 radical (unpaired) electrons. The SMILES string of the molecule is COCCNC(=O)c1sc2ccccc2c1C1CCN(C(=O)Cn2nc(C)nc2C)C1. The molecule has 1 aliphatic heterocycles. The highest BCUT2D eigenvalue weighted by molar-refractivity contribution is 7.21. The minimum absolute atomic E-state index is 0.0288. The highest BCUT2D eigenvalue weighted by atomic mass is 32.1. The number of aryl methyl sites for hydroxylation is 2. The Morgan fingerprint density at radius 3 is 2.84 bits per heavy atom. The van der Waals surface area contributed by atoms with Crippen molar-refractivity contribution in [3.63, 3.8) is 0 Å². The molecular formula is C22H27N5O3S. The van der Waals surface area contributed by atoms with Crippen LogP contribution < -0.4 is 5.32 Å². The minimum atomic E-state index is -0.0771. The lowest BCUT2D eigenvalue weighted by atomic mass is 9.95. The number of benzene rings is 1. The van der Waals surface area contributed by atoms with E-state index in [2.05, 4.69) is 21.5 Å². The number of thiophene rings is 1. The summed E-state index contributed by atoms with van der Waals surface area (Å²) in [5.41, 5.74) is 1.05. The molecule has 1 aromatic carbocycles. The van der Waals surface area contributed by atoms with Gasteiger partial charge in [-0.05, 0) is 37.3 Å². The molecule has 2 aromatic heterocycles. The minimum Gasteiger partial charge on any atom is -0.383 e. The number of nitrogens with zero attached hydrogens (tertiary/aromatic N) is 4. The van der Waals surface area contributed by atoms with Gasteiger partial charge in [-0.2, -0.15) is 5.10 Å². The molecule has 1 unspecified atom stereocenters. The van der Waals surface area contributed by atoms with Crippen molar-refractivity contribution in [3.05, 3.63) is 46.4 Å². The second kappa shape index (κ2) is 9.15. The quantitative estimate of drug-likeness (QED) is 0.569. The average Bonchev–Trinajstić information content (AvgIpc) is 3.44. The summed E-state index contributed by atoms with van der Waals surface area (Å²) in [5, 5.41) is 8.35. The van der Waals surface area contributed by atoms with Gasteiger partial charge in [0.2, 0.25) is 5.91 Å². The number of amides is 2. The van der Waals surface area contributed by atoms with Crippen molar-refractivity contribution < 1.29 is 14.3 Å². The number of hydrogen-bond acceptors (Lipinski definition) is 6. The second-order valence-electron chi connectivity index (χ2n) is 7.78. The lowest BCUT2D eigenvalue weighted by molar-refractivity contribution is -0.131. The molecule has 1 fully saturated rings. The van der Waals surface area contributed by atoms with Gasteiger partial charge in [-0.3, -0.25) is 9.59 Å². The number of fused-ring (bicyclic) bond motifs is 1.